The zero-order valence-corrected chi connectivity index (χ0v) is 17.9. The third-order valence-corrected chi connectivity index (χ3v) is 5.94. The Morgan fingerprint density at radius 3 is 1.16 bits per heavy atom. The summed E-state index contributed by atoms with van der Waals surface area (Å²) >= 11 is 2.44. The number of phenolic OH excluding ortho intramolecular Hbond substituents is 2. The third kappa shape index (κ3) is 4.13. The molecule has 0 atom stereocenters. The van der Waals surface area contributed by atoms with Crippen LogP contribution in [-0.4, -0.2) is 14.6 Å². The quantitative estimate of drug-likeness (QED) is 0.405. The minimum atomic E-state index is 0.271. The molecule has 2 aromatic carbocycles. The van der Waals surface area contributed by atoms with Crippen LogP contribution < -0.4 is 0 Å². The van der Waals surface area contributed by atoms with Gasteiger partial charge < -0.3 is 10.2 Å². The highest BCUT2D eigenvalue weighted by Gasteiger charge is 2.19. The fourth-order valence-electron chi connectivity index (χ4n) is 3.42. The molecule has 0 aliphatic rings. The molecule has 25 heavy (non-hydrogen) atoms. The van der Waals surface area contributed by atoms with Crippen LogP contribution in [0.4, 0.5) is 0 Å². The number of phenols is 2. The van der Waals surface area contributed by atoms with E-state index in [-0.39, 0.29) is 5.92 Å². The van der Waals surface area contributed by atoms with Crippen LogP contribution in [0.3, 0.4) is 0 Å². The monoisotopic (exact) mass is 452 g/mol. The Labute approximate surface area is 165 Å². The summed E-state index contributed by atoms with van der Waals surface area (Å²) in [6, 6.07) is 8.62. The van der Waals surface area contributed by atoms with E-state index >= 15 is 0 Å². The van der Waals surface area contributed by atoms with Crippen molar-refractivity contribution in [3.8, 4) is 11.5 Å². The van der Waals surface area contributed by atoms with E-state index in [4.69, 9.17) is 0 Å². The van der Waals surface area contributed by atoms with Crippen molar-refractivity contribution >= 4 is 22.6 Å². The lowest BCUT2D eigenvalue weighted by molar-refractivity contribution is 0.462. The second-order valence-electron chi connectivity index (χ2n) is 6.50. The summed E-state index contributed by atoms with van der Waals surface area (Å²) in [6.45, 7) is 8.34. The zero-order valence-electron chi connectivity index (χ0n) is 15.7. The van der Waals surface area contributed by atoms with Crippen LogP contribution in [0, 0.1) is 0 Å². The Hall–Kier alpha value is -1.23. The van der Waals surface area contributed by atoms with Crippen molar-refractivity contribution in [3.05, 3.63) is 57.6 Å². The minimum absolute atomic E-state index is 0.271. The largest absolute Gasteiger partial charge is 0.507 e. The van der Waals surface area contributed by atoms with Gasteiger partial charge in [-0.05, 0) is 59.1 Å². The third-order valence-electron chi connectivity index (χ3n) is 5.06. The number of alkyl halides is 1. The number of halogens is 1. The predicted molar refractivity (Wildman–Crippen MR) is 114 cm³/mol. The Morgan fingerprint density at radius 1 is 0.680 bits per heavy atom. The lowest BCUT2D eigenvalue weighted by Crippen LogP contribution is -2.06. The molecule has 3 heteroatoms. The van der Waals surface area contributed by atoms with Crippen molar-refractivity contribution in [2.45, 2.75) is 59.3 Å². The lowest BCUT2D eigenvalue weighted by atomic mass is 9.86. The number of benzene rings is 2. The zero-order chi connectivity index (χ0) is 18.6. The van der Waals surface area contributed by atoms with Gasteiger partial charge in [0.15, 0.2) is 0 Å². The average molecular weight is 452 g/mol. The van der Waals surface area contributed by atoms with Gasteiger partial charge in [0, 0.05) is 10.3 Å². The Balaban J connectivity index is 2.61. The summed E-state index contributed by atoms with van der Waals surface area (Å²) in [7, 11) is 0. The van der Waals surface area contributed by atoms with Gasteiger partial charge in [-0.15, -0.1) is 0 Å². The first-order valence-corrected chi connectivity index (χ1v) is 10.8. The van der Waals surface area contributed by atoms with Gasteiger partial charge in [-0.3, -0.25) is 0 Å². The molecule has 0 aliphatic heterocycles. The number of rotatable bonds is 7. The fraction of sp³-hybridized carbons (Fsp3) is 0.455. The van der Waals surface area contributed by atoms with Gasteiger partial charge in [0.05, 0.1) is 0 Å². The van der Waals surface area contributed by atoms with Gasteiger partial charge in [-0.1, -0.05) is 74.6 Å². The van der Waals surface area contributed by atoms with Crippen LogP contribution in [0.15, 0.2) is 24.3 Å². The molecule has 0 saturated heterocycles. The maximum atomic E-state index is 10.4. The molecule has 0 heterocycles. The summed E-state index contributed by atoms with van der Waals surface area (Å²) in [5.41, 5.74) is 6.61. The highest BCUT2D eigenvalue weighted by molar-refractivity contribution is 14.1. The summed E-state index contributed by atoms with van der Waals surface area (Å²) in [4.78, 5) is 0. The molecule has 0 amide bonds. The SMILES string of the molecule is CCc1cc(C(CI)c2cc(CC)c(O)c(CC)c2)cc(CC)c1O. The smallest absolute Gasteiger partial charge is 0.121 e. The van der Waals surface area contributed by atoms with Gasteiger partial charge in [0.1, 0.15) is 11.5 Å². The van der Waals surface area contributed by atoms with Crippen LogP contribution in [0.25, 0.3) is 0 Å². The van der Waals surface area contributed by atoms with Crippen LogP contribution >= 0.6 is 22.6 Å². The summed E-state index contributed by atoms with van der Waals surface area (Å²) in [5.74, 6) is 1.18. The van der Waals surface area contributed by atoms with E-state index < -0.39 is 0 Å². The number of aryl methyl sites for hydroxylation is 4. The van der Waals surface area contributed by atoms with E-state index in [0.717, 1.165) is 52.4 Å². The fourth-order valence-corrected chi connectivity index (χ4v) is 4.44. The molecule has 136 valence electrons. The molecule has 2 rings (SSSR count). The molecule has 0 fully saturated rings. The normalized spacial score (nSPS) is 11.3. The summed E-state index contributed by atoms with van der Waals surface area (Å²) < 4.78 is 0.964. The van der Waals surface area contributed by atoms with Gasteiger partial charge in [-0.25, -0.2) is 0 Å². The average Bonchev–Trinajstić information content (AvgIpc) is 2.64. The maximum Gasteiger partial charge on any atom is 0.121 e. The molecule has 0 spiro atoms. The standard InChI is InChI=1S/C22H29IO2/c1-5-14-9-18(10-15(6-2)21(14)24)20(13-23)19-11-16(7-3)22(25)17(8-4)12-19/h9-12,20,24-25H,5-8,13H2,1-4H3. The van der Waals surface area contributed by atoms with Crippen LogP contribution in [0.5, 0.6) is 11.5 Å². The second-order valence-corrected chi connectivity index (χ2v) is 7.38. The molecule has 0 unspecified atom stereocenters. The van der Waals surface area contributed by atoms with Gasteiger partial charge in [0.2, 0.25) is 0 Å². The molecule has 0 aromatic heterocycles. The lowest BCUT2D eigenvalue weighted by Gasteiger charge is -2.21. The van der Waals surface area contributed by atoms with Crippen molar-refractivity contribution in [1.82, 2.24) is 0 Å². The van der Waals surface area contributed by atoms with E-state index in [1.807, 2.05) is 0 Å². The molecular weight excluding hydrogens is 423 g/mol. The van der Waals surface area contributed by atoms with Gasteiger partial charge >= 0.3 is 0 Å². The number of hydrogen-bond donors (Lipinski definition) is 2. The van der Waals surface area contributed by atoms with Crippen molar-refractivity contribution in [2.75, 3.05) is 4.43 Å². The predicted octanol–water partition coefficient (Wildman–Crippen LogP) is 5.91. The molecule has 2 nitrogen and oxygen atoms in total. The molecule has 2 N–H and O–H groups in total. The van der Waals surface area contributed by atoms with E-state index in [2.05, 4.69) is 74.6 Å². The van der Waals surface area contributed by atoms with Crippen LogP contribution in [-0.2, 0) is 25.7 Å². The first-order chi connectivity index (χ1) is 12.0. The molecular formula is C22H29IO2. The van der Waals surface area contributed by atoms with Crippen molar-refractivity contribution in [1.29, 1.82) is 0 Å². The Bertz CT molecular complexity index is 625. The Kier molecular flexibility index (Phi) is 7.17. The van der Waals surface area contributed by atoms with Crippen molar-refractivity contribution < 1.29 is 10.2 Å². The van der Waals surface area contributed by atoms with Gasteiger partial charge in [-0.2, -0.15) is 0 Å². The molecule has 0 bridgehead atoms. The highest BCUT2D eigenvalue weighted by Crippen LogP contribution is 2.36. The maximum absolute atomic E-state index is 10.4. The van der Waals surface area contributed by atoms with Crippen LogP contribution in [0.2, 0.25) is 0 Å². The number of hydrogen-bond acceptors (Lipinski definition) is 2. The second kappa shape index (κ2) is 8.93. The summed E-state index contributed by atoms with van der Waals surface area (Å²) in [6.07, 6.45) is 3.32. The first-order valence-electron chi connectivity index (χ1n) is 9.25. The highest BCUT2D eigenvalue weighted by atomic mass is 127. The number of aromatic hydroxyl groups is 2. The van der Waals surface area contributed by atoms with E-state index in [1.54, 1.807) is 0 Å². The van der Waals surface area contributed by atoms with E-state index in [0.29, 0.717) is 11.5 Å². The van der Waals surface area contributed by atoms with E-state index in [1.165, 1.54) is 11.1 Å². The molecule has 2 aromatic rings. The summed E-state index contributed by atoms with van der Waals surface area (Å²) in [5, 5.41) is 20.8. The van der Waals surface area contributed by atoms with Crippen LogP contribution in [0.1, 0.15) is 67.0 Å². The minimum Gasteiger partial charge on any atom is -0.507 e. The van der Waals surface area contributed by atoms with E-state index in [9.17, 15) is 10.2 Å². The van der Waals surface area contributed by atoms with Gasteiger partial charge in [0.25, 0.3) is 0 Å². The van der Waals surface area contributed by atoms with Crippen molar-refractivity contribution in [3.63, 3.8) is 0 Å². The molecule has 0 aliphatic carbocycles. The Morgan fingerprint density at radius 2 is 0.960 bits per heavy atom. The first kappa shape index (κ1) is 20.1. The van der Waals surface area contributed by atoms with Crippen molar-refractivity contribution in [2.24, 2.45) is 0 Å². The molecule has 0 radical (unpaired) electrons. The molecule has 0 saturated carbocycles. The topological polar surface area (TPSA) is 40.5 Å².